The van der Waals surface area contributed by atoms with Gasteiger partial charge in [-0.1, -0.05) is 24.3 Å². The maximum atomic E-state index is 9.89. The average molecular weight is 323 g/mol. The van der Waals surface area contributed by atoms with Crippen molar-refractivity contribution in [2.24, 2.45) is 0 Å². The third kappa shape index (κ3) is 7.59. The largest absolute Gasteiger partial charge is 0.462 e. The molecule has 130 valence electrons. The lowest BCUT2D eigenvalue weighted by atomic mass is 9.87. The number of hydrogen-bond donors (Lipinski definition) is 3. The summed E-state index contributed by atoms with van der Waals surface area (Å²) in [5.74, 6) is 0.254. The Hall–Kier alpha value is -1.43. The number of carbonyl (C=O) groups excluding carboxylic acids is 1. The van der Waals surface area contributed by atoms with Crippen LogP contribution in [0.3, 0.4) is 0 Å². The zero-order chi connectivity index (χ0) is 17.3. The number of β-amino-alcohol motifs (C(OH)–C–C–N with tert-alkyl or cyclic N) is 1. The minimum Gasteiger partial charge on any atom is -0.462 e. The molecular formula is C18H29NO4. The van der Waals surface area contributed by atoms with Crippen molar-refractivity contribution in [3.8, 4) is 0 Å². The Morgan fingerprint density at radius 3 is 2.39 bits per heavy atom. The molecule has 1 heterocycles. The van der Waals surface area contributed by atoms with Gasteiger partial charge in [0.1, 0.15) is 5.60 Å². The maximum Gasteiger partial charge on any atom is 0.293 e. The Balaban J connectivity index is 0.000000322. The molecule has 1 saturated heterocycles. The summed E-state index contributed by atoms with van der Waals surface area (Å²) in [5, 5.41) is 21.9. The highest BCUT2D eigenvalue weighted by molar-refractivity contribution is 5.37. The Kier molecular flexibility index (Phi) is 8.23. The second kappa shape index (κ2) is 9.65. The molecule has 1 aromatic carbocycles. The van der Waals surface area contributed by atoms with Gasteiger partial charge in [0.15, 0.2) is 0 Å². The van der Waals surface area contributed by atoms with E-state index in [2.05, 4.69) is 22.2 Å². The van der Waals surface area contributed by atoms with Crippen LogP contribution >= 0.6 is 0 Å². The molecule has 0 bridgehead atoms. The van der Waals surface area contributed by atoms with E-state index in [9.17, 15) is 9.90 Å². The summed E-state index contributed by atoms with van der Waals surface area (Å²) in [6, 6.07) is 8.23. The fraction of sp³-hybridized carbons (Fsp3) is 0.611. The van der Waals surface area contributed by atoms with E-state index < -0.39 is 0 Å². The molecule has 23 heavy (non-hydrogen) atoms. The molecule has 2 rings (SSSR count). The van der Waals surface area contributed by atoms with Gasteiger partial charge in [-0.25, -0.2) is 0 Å². The molecule has 1 aliphatic rings. The van der Waals surface area contributed by atoms with Crippen LogP contribution in [0.5, 0.6) is 0 Å². The van der Waals surface area contributed by atoms with E-state index in [1.807, 2.05) is 32.9 Å². The molecule has 3 N–H and O–H groups in total. The number of ether oxygens (including phenoxy) is 1. The molecule has 5 nitrogen and oxygen atoms in total. The first-order valence-electron chi connectivity index (χ1n) is 8.07. The molecule has 1 fully saturated rings. The number of rotatable bonds is 4. The normalized spacial score (nSPS) is 21.1. The van der Waals surface area contributed by atoms with Gasteiger partial charge in [-0.15, -0.1) is 0 Å². The SMILES string of the molecule is CC(C)(C)OC=O.OCCc1ccc(C2CCNCC2O)cc1. The van der Waals surface area contributed by atoms with Crippen LogP contribution in [0.25, 0.3) is 0 Å². The van der Waals surface area contributed by atoms with E-state index in [1.165, 1.54) is 5.56 Å². The monoisotopic (exact) mass is 323 g/mol. The molecule has 0 aromatic heterocycles. The molecular weight excluding hydrogens is 294 g/mol. The van der Waals surface area contributed by atoms with Crippen molar-refractivity contribution in [1.82, 2.24) is 5.32 Å². The molecule has 2 unspecified atom stereocenters. The van der Waals surface area contributed by atoms with Crippen LogP contribution in [0, 0.1) is 0 Å². The number of piperidine rings is 1. The lowest BCUT2D eigenvalue weighted by Crippen LogP contribution is -2.39. The summed E-state index contributed by atoms with van der Waals surface area (Å²) < 4.78 is 4.55. The Morgan fingerprint density at radius 1 is 1.30 bits per heavy atom. The highest BCUT2D eigenvalue weighted by Gasteiger charge is 2.23. The third-order valence-electron chi connectivity index (χ3n) is 3.66. The van der Waals surface area contributed by atoms with Gasteiger partial charge < -0.3 is 20.3 Å². The highest BCUT2D eigenvalue weighted by Crippen LogP contribution is 2.25. The van der Waals surface area contributed by atoms with Gasteiger partial charge >= 0.3 is 0 Å². The van der Waals surface area contributed by atoms with Gasteiger partial charge in [0.05, 0.1) is 6.10 Å². The standard InChI is InChI=1S/C13H19NO2.C5H10O2/c15-8-6-10-1-3-11(4-2-10)12-5-7-14-9-13(12)16;1-5(2,3)7-4-6/h1-4,12-16H,5-9H2;4H,1-3H3. The average Bonchev–Trinajstić information content (AvgIpc) is 2.48. The summed E-state index contributed by atoms with van der Waals surface area (Å²) in [4.78, 5) is 9.60. The van der Waals surface area contributed by atoms with E-state index in [0.717, 1.165) is 18.5 Å². The van der Waals surface area contributed by atoms with Crippen molar-refractivity contribution in [1.29, 1.82) is 0 Å². The molecule has 0 radical (unpaired) electrons. The van der Waals surface area contributed by atoms with Crippen LogP contribution in [0.15, 0.2) is 24.3 Å². The van der Waals surface area contributed by atoms with Crippen LogP contribution in [0.4, 0.5) is 0 Å². The Bertz CT molecular complexity index is 453. The van der Waals surface area contributed by atoms with Gasteiger partial charge in [-0.2, -0.15) is 0 Å². The van der Waals surface area contributed by atoms with E-state index in [-0.39, 0.29) is 24.2 Å². The van der Waals surface area contributed by atoms with Gasteiger partial charge in [-0.3, -0.25) is 4.79 Å². The molecule has 0 aliphatic carbocycles. The third-order valence-corrected chi connectivity index (χ3v) is 3.66. The fourth-order valence-electron chi connectivity index (χ4n) is 2.44. The summed E-state index contributed by atoms with van der Waals surface area (Å²) in [6.07, 6.45) is 1.41. The highest BCUT2D eigenvalue weighted by atomic mass is 16.5. The number of carbonyl (C=O) groups is 1. The number of aliphatic hydroxyl groups excluding tert-OH is 2. The lowest BCUT2D eigenvalue weighted by Gasteiger charge is -2.28. The first-order chi connectivity index (χ1) is 10.9. The first-order valence-corrected chi connectivity index (χ1v) is 8.07. The van der Waals surface area contributed by atoms with Crippen molar-refractivity contribution in [3.63, 3.8) is 0 Å². The van der Waals surface area contributed by atoms with Gasteiger partial charge in [0.25, 0.3) is 6.47 Å². The van der Waals surface area contributed by atoms with Crippen molar-refractivity contribution in [3.05, 3.63) is 35.4 Å². The lowest BCUT2D eigenvalue weighted by molar-refractivity contribution is -0.138. The van der Waals surface area contributed by atoms with Gasteiger partial charge in [-0.05, 0) is 51.3 Å². The van der Waals surface area contributed by atoms with E-state index in [4.69, 9.17) is 5.11 Å². The van der Waals surface area contributed by atoms with Gasteiger partial charge in [0, 0.05) is 19.1 Å². The zero-order valence-corrected chi connectivity index (χ0v) is 14.3. The molecule has 0 amide bonds. The second-order valence-electron chi connectivity index (χ2n) is 6.71. The topological polar surface area (TPSA) is 78.8 Å². The first kappa shape index (κ1) is 19.6. The minimum atomic E-state index is -0.318. The fourth-order valence-corrected chi connectivity index (χ4v) is 2.44. The molecule has 0 saturated carbocycles. The number of aliphatic hydroxyl groups is 2. The quantitative estimate of drug-likeness (QED) is 0.734. The maximum absolute atomic E-state index is 9.89. The summed E-state index contributed by atoms with van der Waals surface area (Å²) in [6.45, 7) is 7.77. The molecule has 1 aromatic rings. The zero-order valence-electron chi connectivity index (χ0n) is 14.3. The number of benzene rings is 1. The van der Waals surface area contributed by atoms with Crippen LogP contribution in [0.1, 0.15) is 44.2 Å². The van der Waals surface area contributed by atoms with Crippen molar-refractivity contribution >= 4 is 6.47 Å². The summed E-state index contributed by atoms with van der Waals surface area (Å²) in [7, 11) is 0. The van der Waals surface area contributed by atoms with Crippen LogP contribution in [-0.4, -0.2) is 48.1 Å². The Morgan fingerprint density at radius 2 is 1.96 bits per heavy atom. The van der Waals surface area contributed by atoms with Crippen molar-refractivity contribution < 1.29 is 19.7 Å². The predicted molar refractivity (Wildman–Crippen MR) is 90.4 cm³/mol. The van der Waals surface area contributed by atoms with E-state index >= 15 is 0 Å². The number of nitrogens with one attached hydrogen (secondary N) is 1. The van der Waals surface area contributed by atoms with Crippen molar-refractivity contribution in [2.45, 2.75) is 51.2 Å². The smallest absolute Gasteiger partial charge is 0.293 e. The molecule has 2 atom stereocenters. The summed E-state index contributed by atoms with van der Waals surface area (Å²) in [5.41, 5.74) is 2.03. The van der Waals surface area contributed by atoms with Crippen LogP contribution in [0.2, 0.25) is 0 Å². The van der Waals surface area contributed by atoms with E-state index in [0.29, 0.717) is 19.4 Å². The molecule has 5 heteroatoms. The van der Waals surface area contributed by atoms with Crippen LogP contribution < -0.4 is 5.32 Å². The molecule has 0 spiro atoms. The molecule has 1 aliphatic heterocycles. The van der Waals surface area contributed by atoms with Gasteiger partial charge in [0.2, 0.25) is 0 Å². The predicted octanol–water partition coefficient (Wildman–Crippen LogP) is 1.62. The Labute approximate surface area is 138 Å². The minimum absolute atomic E-state index is 0.190. The van der Waals surface area contributed by atoms with Crippen molar-refractivity contribution in [2.75, 3.05) is 19.7 Å². The van der Waals surface area contributed by atoms with E-state index in [1.54, 1.807) is 0 Å². The van der Waals surface area contributed by atoms with Crippen LogP contribution in [-0.2, 0) is 16.0 Å². The summed E-state index contributed by atoms with van der Waals surface area (Å²) >= 11 is 0. The second-order valence-corrected chi connectivity index (χ2v) is 6.71. The number of hydrogen-bond acceptors (Lipinski definition) is 5.